The lowest BCUT2D eigenvalue weighted by atomic mass is 9.96. The molecule has 2 atom stereocenters. The second kappa shape index (κ2) is 7.49. The lowest BCUT2D eigenvalue weighted by molar-refractivity contribution is -0.148. The highest BCUT2D eigenvalue weighted by Gasteiger charge is 2.45. The smallest absolute Gasteiger partial charge is 0.292 e. The zero-order chi connectivity index (χ0) is 20.6. The molecule has 28 heavy (non-hydrogen) atoms. The molecule has 2 aliphatic heterocycles. The minimum atomic E-state index is -0.907. The molecule has 2 heterocycles. The number of carbonyl (C=O) groups is 3. The van der Waals surface area contributed by atoms with E-state index < -0.39 is 23.7 Å². The van der Waals surface area contributed by atoms with Crippen molar-refractivity contribution in [3.05, 3.63) is 47.1 Å². The molecule has 8 nitrogen and oxygen atoms in total. The van der Waals surface area contributed by atoms with E-state index in [1.807, 2.05) is 0 Å². The number of hydrogen-bond acceptors (Lipinski definition) is 5. The molecular weight excluding hydrogens is 367 g/mol. The number of hydrogen-bond donors (Lipinski definition) is 2. The van der Waals surface area contributed by atoms with Crippen LogP contribution in [0.4, 0.5) is 4.39 Å². The van der Waals surface area contributed by atoms with Crippen LogP contribution in [-0.4, -0.2) is 63.3 Å². The van der Waals surface area contributed by atoms with E-state index in [-0.39, 0.29) is 36.6 Å². The highest BCUT2D eigenvalue weighted by Crippen LogP contribution is 2.33. The van der Waals surface area contributed by atoms with Gasteiger partial charge in [0.2, 0.25) is 11.7 Å². The molecule has 2 aliphatic rings. The Morgan fingerprint density at radius 2 is 1.93 bits per heavy atom. The van der Waals surface area contributed by atoms with Gasteiger partial charge in [-0.15, -0.1) is 0 Å². The Labute approximate surface area is 162 Å². The summed E-state index contributed by atoms with van der Waals surface area (Å²) in [6, 6.07) is 5.55. The van der Waals surface area contributed by atoms with E-state index in [4.69, 9.17) is 5.73 Å². The minimum absolute atomic E-state index is 0.117. The highest BCUT2D eigenvalue weighted by atomic mass is 19.1. The lowest BCUT2D eigenvalue weighted by Crippen LogP contribution is -2.62. The number of likely N-dealkylation sites (N-methyl/N-ethyl adjacent to an activating group) is 1. The fraction of sp³-hybridized carbons (Fsp3) is 0.421. The van der Waals surface area contributed by atoms with E-state index in [0.29, 0.717) is 18.4 Å². The Balaban J connectivity index is 1.95. The first kappa shape index (κ1) is 19.7. The van der Waals surface area contributed by atoms with Gasteiger partial charge in [-0.3, -0.25) is 14.4 Å². The first-order valence-electron chi connectivity index (χ1n) is 8.99. The van der Waals surface area contributed by atoms with E-state index in [0.717, 1.165) is 0 Å². The monoisotopic (exact) mass is 390 g/mol. The molecule has 0 bridgehead atoms. The molecule has 1 aromatic carbocycles. The molecule has 0 spiro atoms. The number of nitrogens with two attached hydrogens (primary N) is 1. The maximum absolute atomic E-state index is 13.2. The Morgan fingerprint density at radius 1 is 1.29 bits per heavy atom. The van der Waals surface area contributed by atoms with Gasteiger partial charge >= 0.3 is 0 Å². The van der Waals surface area contributed by atoms with Crippen molar-refractivity contribution in [3.63, 3.8) is 0 Å². The third-order valence-corrected chi connectivity index (χ3v) is 5.40. The molecule has 0 saturated carbocycles. The number of primary amides is 1. The van der Waals surface area contributed by atoms with Gasteiger partial charge in [-0.2, -0.15) is 0 Å². The summed E-state index contributed by atoms with van der Waals surface area (Å²) in [4.78, 5) is 41.0. The fourth-order valence-corrected chi connectivity index (χ4v) is 3.80. The van der Waals surface area contributed by atoms with E-state index in [1.165, 1.54) is 24.0 Å². The number of halogens is 1. The molecule has 150 valence electrons. The molecule has 0 radical (unpaired) electrons. The average molecular weight is 390 g/mol. The van der Waals surface area contributed by atoms with Gasteiger partial charge in [0, 0.05) is 33.1 Å². The number of carbonyl (C=O) groups excluding carboxylic acids is 3. The van der Waals surface area contributed by atoms with Crippen LogP contribution in [0.2, 0.25) is 0 Å². The number of amides is 3. The van der Waals surface area contributed by atoms with Crippen LogP contribution in [0.5, 0.6) is 0 Å². The maximum atomic E-state index is 13.2. The van der Waals surface area contributed by atoms with Gasteiger partial charge in [-0.25, -0.2) is 4.39 Å². The lowest BCUT2D eigenvalue weighted by Gasteiger charge is -2.50. The second-order valence-corrected chi connectivity index (χ2v) is 7.12. The zero-order valence-corrected chi connectivity index (χ0v) is 15.8. The molecule has 3 N–H and O–H groups in total. The summed E-state index contributed by atoms with van der Waals surface area (Å²) in [7, 11) is 1.67. The van der Waals surface area contributed by atoms with Crippen molar-refractivity contribution in [2.24, 2.45) is 5.73 Å². The van der Waals surface area contributed by atoms with E-state index in [2.05, 4.69) is 0 Å². The topological polar surface area (TPSA) is 107 Å². The fourth-order valence-electron chi connectivity index (χ4n) is 3.80. The summed E-state index contributed by atoms with van der Waals surface area (Å²) in [5.74, 6) is -2.81. The largest absolute Gasteiger partial charge is 0.501 e. The van der Waals surface area contributed by atoms with Gasteiger partial charge in [0.05, 0.1) is 0 Å². The van der Waals surface area contributed by atoms with Gasteiger partial charge in [0.15, 0.2) is 5.70 Å². The predicted molar refractivity (Wildman–Crippen MR) is 97.8 cm³/mol. The molecule has 1 fully saturated rings. The summed E-state index contributed by atoms with van der Waals surface area (Å²) in [6.45, 7) is 1.85. The summed E-state index contributed by atoms with van der Waals surface area (Å²) >= 11 is 0. The molecular formula is C19H23FN4O4. The zero-order valence-electron chi connectivity index (χ0n) is 15.8. The first-order valence-corrected chi connectivity index (χ1v) is 8.99. The molecule has 1 aromatic rings. The maximum Gasteiger partial charge on any atom is 0.292 e. The van der Waals surface area contributed by atoms with Crippen molar-refractivity contribution in [1.82, 2.24) is 14.7 Å². The molecule has 1 saturated heterocycles. The van der Waals surface area contributed by atoms with Crippen LogP contribution in [0, 0.1) is 5.82 Å². The Bertz CT molecular complexity index is 839. The van der Waals surface area contributed by atoms with Crippen molar-refractivity contribution in [1.29, 1.82) is 0 Å². The van der Waals surface area contributed by atoms with Crippen LogP contribution in [0.15, 0.2) is 35.7 Å². The first-order chi connectivity index (χ1) is 13.2. The van der Waals surface area contributed by atoms with Crippen LogP contribution in [0.3, 0.4) is 0 Å². The average Bonchev–Trinajstić information content (AvgIpc) is 2.66. The van der Waals surface area contributed by atoms with Gasteiger partial charge < -0.3 is 25.5 Å². The predicted octanol–water partition coefficient (Wildman–Crippen LogP) is 0.692. The molecule has 0 aliphatic carbocycles. The Kier molecular flexibility index (Phi) is 5.26. The summed E-state index contributed by atoms with van der Waals surface area (Å²) in [5.41, 5.74) is 5.90. The molecule has 3 amide bonds. The van der Waals surface area contributed by atoms with Gasteiger partial charge in [0.25, 0.3) is 11.8 Å². The van der Waals surface area contributed by atoms with E-state index in [9.17, 15) is 23.9 Å². The van der Waals surface area contributed by atoms with E-state index >= 15 is 0 Å². The van der Waals surface area contributed by atoms with Crippen LogP contribution in [-0.2, 0) is 20.9 Å². The second-order valence-electron chi connectivity index (χ2n) is 7.12. The molecule has 1 unspecified atom stereocenters. The van der Waals surface area contributed by atoms with Crippen LogP contribution >= 0.6 is 0 Å². The van der Waals surface area contributed by atoms with Crippen LogP contribution < -0.4 is 5.73 Å². The van der Waals surface area contributed by atoms with Gasteiger partial charge in [0.1, 0.15) is 12.0 Å². The SMILES string of the molecule is CC(=O)N(C)[C@H]1CCC2N(C1)C(=O)C(O)=C(C(N)=O)N2Cc1ccc(F)cc1. The van der Waals surface area contributed by atoms with Crippen molar-refractivity contribution in [2.75, 3.05) is 13.6 Å². The van der Waals surface area contributed by atoms with E-state index in [1.54, 1.807) is 29.0 Å². The van der Waals surface area contributed by atoms with Crippen LogP contribution in [0.1, 0.15) is 25.3 Å². The number of fused-ring (bicyclic) bond motifs is 1. The summed E-state index contributed by atoms with van der Waals surface area (Å²) < 4.78 is 13.2. The Morgan fingerprint density at radius 3 is 2.50 bits per heavy atom. The quantitative estimate of drug-likeness (QED) is 0.787. The van der Waals surface area contributed by atoms with Crippen LogP contribution in [0.25, 0.3) is 0 Å². The minimum Gasteiger partial charge on any atom is -0.501 e. The number of nitrogens with zero attached hydrogens (tertiary/aromatic N) is 3. The van der Waals surface area contributed by atoms with Crippen molar-refractivity contribution in [2.45, 2.75) is 38.5 Å². The Hall–Kier alpha value is -3.10. The normalized spacial score (nSPS) is 22.2. The standard InChI is InChI=1S/C19H23FN4O4/c1-11(25)22(2)14-7-8-15-23(9-12-3-5-13(20)6-4-12)16(18(21)27)17(26)19(28)24(15)10-14/h3-6,14-15,26H,7-10H2,1-2H3,(H2,21,27)/t14-,15?/m0/s1. The number of rotatable bonds is 4. The number of aliphatic hydroxyl groups excluding tert-OH is 1. The van der Waals surface area contributed by atoms with Crippen molar-refractivity contribution >= 4 is 17.7 Å². The van der Waals surface area contributed by atoms with Gasteiger partial charge in [-0.05, 0) is 30.5 Å². The summed E-state index contributed by atoms with van der Waals surface area (Å²) in [5, 5.41) is 10.4. The van der Waals surface area contributed by atoms with Gasteiger partial charge in [-0.1, -0.05) is 12.1 Å². The third-order valence-electron chi connectivity index (χ3n) is 5.40. The highest BCUT2D eigenvalue weighted by molar-refractivity contribution is 6.03. The third kappa shape index (κ3) is 3.51. The number of benzene rings is 1. The molecule has 9 heteroatoms. The molecule has 3 rings (SSSR count). The number of aliphatic hydroxyl groups is 1. The van der Waals surface area contributed by atoms with Crippen molar-refractivity contribution in [3.8, 4) is 0 Å². The number of piperidine rings is 1. The molecule has 0 aromatic heterocycles. The summed E-state index contributed by atoms with van der Waals surface area (Å²) in [6.07, 6.45) is 0.615. The van der Waals surface area contributed by atoms with Crippen molar-refractivity contribution < 1.29 is 23.9 Å².